The van der Waals surface area contributed by atoms with Crippen LogP contribution in [0, 0.1) is 5.92 Å². The van der Waals surface area contributed by atoms with E-state index >= 15 is 0 Å². The van der Waals surface area contributed by atoms with E-state index in [0.717, 1.165) is 5.57 Å². The largest absolute Gasteiger partial charge is 0.0961 e. The molecule has 0 heteroatoms. The van der Waals surface area contributed by atoms with Crippen molar-refractivity contribution in [2.45, 2.75) is 74.7 Å². The average molecular weight is 455 g/mol. The first-order chi connectivity index (χ1) is 16.3. The summed E-state index contributed by atoms with van der Waals surface area (Å²) in [7, 11) is 0. The molecule has 0 fully saturated rings. The van der Waals surface area contributed by atoms with Gasteiger partial charge in [-0.1, -0.05) is 138 Å². The van der Waals surface area contributed by atoms with Gasteiger partial charge in [-0.05, 0) is 67.0 Å². The monoisotopic (exact) mass is 454 g/mol. The fourth-order valence-electron chi connectivity index (χ4n) is 4.70. The van der Waals surface area contributed by atoms with Crippen molar-refractivity contribution < 1.29 is 0 Å². The van der Waals surface area contributed by atoms with E-state index in [-0.39, 0.29) is 5.41 Å². The van der Waals surface area contributed by atoms with Crippen molar-refractivity contribution in [3.63, 3.8) is 0 Å². The summed E-state index contributed by atoms with van der Waals surface area (Å²) in [6.07, 6.45) is 11.5. The number of benzene rings is 2. The summed E-state index contributed by atoms with van der Waals surface area (Å²) < 4.78 is 0. The minimum Gasteiger partial charge on any atom is -0.0961 e. The van der Waals surface area contributed by atoms with Crippen molar-refractivity contribution in [1.29, 1.82) is 0 Å². The second-order valence-electron chi connectivity index (χ2n) is 8.87. The highest BCUT2D eigenvalue weighted by molar-refractivity contribution is 5.87. The standard InChI is InChI=1S/C30H34.2C2H6/c1-8-13-24(18-21(2)3)30(25(19-22(4)5)20-23(6)7)28-16-11-9-14-26(28)27-15-10-12-17-29(27)30;2*1-2/h8-20,22H,2H2,1,3-7H3;2*1-2H3/b13-8-,24-18+,25-19+;;. The van der Waals surface area contributed by atoms with E-state index in [9.17, 15) is 0 Å². The van der Waals surface area contributed by atoms with Crippen LogP contribution in [-0.4, -0.2) is 0 Å². The Morgan fingerprint density at radius 3 is 1.62 bits per heavy atom. The Bertz CT molecular complexity index is 1020. The Hall–Kier alpha value is -2.86. The van der Waals surface area contributed by atoms with Crippen molar-refractivity contribution in [1.82, 2.24) is 0 Å². The summed E-state index contributed by atoms with van der Waals surface area (Å²) in [6.45, 7) is 25.3. The van der Waals surface area contributed by atoms with Crippen LogP contribution in [0.1, 0.15) is 80.4 Å². The highest BCUT2D eigenvalue weighted by Gasteiger charge is 2.47. The van der Waals surface area contributed by atoms with E-state index in [2.05, 4.69) is 127 Å². The topological polar surface area (TPSA) is 0 Å². The third-order valence-electron chi connectivity index (χ3n) is 5.52. The van der Waals surface area contributed by atoms with Crippen molar-refractivity contribution in [3.05, 3.63) is 119 Å². The van der Waals surface area contributed by atoms with Gasteiger partial charge in [-0.15, -0.1) is 0 Å². The highest BCUT2D eigenvalue weighted by Crippen LogP contribution is 2.57. The van der Waals surface area contributed by atoms with E-state index in [1.807, 2.05) is 27.7 Å². The van der Waals surface area contributed by atoms with E-state index in [0.29, 0.717) is 5.92 Å². The van der Waals surface area contributed by atoms with E-state index in [4.69, 9.17) is 0 Å². The maximum atomic E-state index is 4.23. The summed E-state index contributed by atoms with van der Waals surface area (Å²) in [6, 6.07) is 17.8. The smallest absolute Gasteiger partial charge is 0.0710 e. The highest BCUT2D eigenvalue weighted by atomic mass is 14.5. The molecule has 0 amide bonds. The minimum absolute atomic E-state index is 0.361. The van der Waals surface area contributed by atoms with Gasteiger partial charge >= 0.3 is 0 Å². The number of hydrogen-bond acceptors (Lipinski definition) is 0. The molecule has 34 heavy (non-hydrogen) atoms. The fourth-order valence-corrected chi connectivity index (χ4v) is 4.70. The first-order valence-corrected chi connectivity index (χ1v) is 12.9. The van der Waals surface area contributed by atoms with Crippen LogP contribution in [0.25, 0.3) is 11.1 Å². The van der Waals surface area contributed by atoms with Gasteiger partial charge in [0.15, 0.2) is 0 Å². The Morgan fingerprint density at radius 1 is 0.765 bits per heavy atom. The third kappa shape index (κ3) is 5.98. The molecule has 0 atom stereocenters. The lowest BCUT2D eigenvalue weighted by Crippen LogP contribution is -2.30. The Morgan fingerprint density at radius 2 is 1.24 bits per heavy atom. The van der Waals surface area contributed by atoms with Gasteiger partial charge in [0, 0.05) is 0 Å². The maximum absolute atomic E-state index is 4.23. The lowest BCUT2D eigenvalue weighted by Gasteiger charge is -2.36. The Labute approximate surface area is 210 Å². The zero-order valence-corrected chi connectivity index (χ0v) is 23.3. The molecule has 0 unspecified atom stereocenters. The molecule has 0 spiro atoms. The van der Waals surface area contributed by atoms with E-state index in [1.54, 1.807) is 0 Å². The Balaban J connectivity index is 0.00000137. The van der Waals surface area contributed by atoms with Crippen LogP contribution in [0.5, 0.6) is 0 Å². The molecule has 0 radical (unpaired) electrons. The zero-order valence-electron chi connectivity index (χ0n) is 23.3. The second kappa shape index (κ2) is 13.8. The summed E-state index contributed by atoms with van der Waals surface area (Å²) in [5.41, 5.74) is 9.94. The molecule has 0 bridgehead atoms. The molecule has 2 aromatic carbocycles. The summed E-state index contributed by atoms with van der Waals surface area (Å²) in [4.78, 5) is 0. The summed E-state index contributed by atoms with van der Waals surface area (Å²) in [5, 5.41) is 0. The van der Waals surface area contributed by atoms with Crippen molar-refractivity contribution in [2.24, 2.45) is 5.92 Å². The quantitative estimate of drug-likeness (QED) is 0.381. The molecule has 0 nitrogen and oxygen atoms in total. The van der Waals surface area contributed by atoms with Crippen LogP contribution >= 0.6 is 0 Å². The van der Waals surface area contributed by atoms with Crippen LogP contribution in [-0.2, 0) is 5.41 Å². The molecular formula is C34H46. The number of hydrogen-bond donors (Lipinski definition) is 0. The molecule has 182 valence electrons. The third-order valence-corrected chi connectivity index (χ3v) is 5.52. The van der Waals surface area contributed by atoms with Gasteiger partial charge in [0.2, 0.25) is 0 Å². The van der Waals surface area contributed by atoms with Crippen molar-refractivity contribution in [2.75, 3.05) is 0 Å². The van der Waals surface area contributed by atoms with Gasteiger partial charge in [-0.3, -0.25) is 0 Å². The normalized spacial score (nSPS) is 13.9. The molecule has 0 heterocycles. The van der Waals surface area contributed by atoms with Gasteiger partial charge in [-0.2, -0.15) is 0 Å². The molecule has 0 N–H and O–H groups in total. The predicted molar refractivity (Wildman–Crippen MR) is 155 cm³/mol. The molecule has 0 aromatic heterocycles. The van der Waals surface area contributed by atoms with Crippen LogP contribution in [0.2, 0.25) is 0 Å². The molecule has 0 aliphatic heterocycles. The first-order valence-electron chi connectivity index (χ1n) is 12.9. The van der Waals surface area contributed by atoms with Crippen LogP contribution in [0.4, 0.5) is 0 Å². The maximum Gasteiger partial charge on any atom is 0.0710 e. The predicted octanol–water partition coefficient (Wildman–Crippen LogP) is 10.6. The Kier molecular flexibility index (Phi) is 11.8. The van der Waals surface area contributed by atoms with Gasteiger partial charge in [0.1, 0.15) is 0 Å². The summed E-state index contributed by atoms with van der Waals surface area (Å²) >= 11 is 0. The van der Waals surface area contributed by atoms with Crippen molar-refractivity contribution >= 4 is 0 Å². The minimum atomic E-state index is -0.361. The molecule has 1 aliphatic rings. The molecule has 0 saturated heterocycles. The van der Waals surface area contributed by atoms with Gasteiger partial charge in [-0.25, -0.2) is 0 Å². The SMILES string of the molecule is C=C(C)/C=C(\C=C/C)C1(/C(C=C(C)C)=C/C(C)C)c2ccccc2-c2ccccc21.CC.CC. The van der Waals surface area contributed by atoms with Crippen molar-refractivity contribution in [3.8, 4) is 11.1 Å². The molecule has 3 rings (SSSR count). The first kappa shape index (κ1) is 29.2. The second-order valence-corrected chi connectivity index (χ2v) is 8.87. The van der Waals surface area contributed by atoms with Crippen LogP contribution in [0.15, 0.2) is 108 Å². The molecule has 0 saturated carbocycles. The lowest BCUT2D eigenvalue weighted by atomic mass is 9.65. The van der Waals surface area contributed by atoms with Gasteiger partial charge in [0.05, 0.1) is 5.41 Å². The van der Waals surface area contributed by atoms with Crippen LogP contribution in [0.3, 0.4) is 0 Å². The van der Waals surface area contributed by atoms with Crippen LogP contribution < -0.4 is 0 Å². The lowest BCUT2D eigenvalue weighted by molar-refractivity contribution is 0.730. The number of rotatable bonds is 6. The van der Waals surface area contributed by atoms with Gasteiger partial charge < -0.3 is 0 Å². The van der Waals surface area contributed by atoms with E-state index < -0.39 is 0 Å². The fraction of sp³-hybridized carbons (Fsp3) is 0.353. The average Bonchev–Trinajstić information content (AvgIpc) is 3.11. The number of allylic oxidation sites excluding steroid dienone is 9. The van der Waals surface area contributed by atoms with E-state index in [1.165, 1.54) is 39.0 Å². The summed E-state index contributed by atoms with van der Waals surface area (Å²) in [5.74, 6) is 0.434. The molecule has 1 aliphatic carbocycles. The van der Waals surface area contributed by atoms with Gasteiger partial charge in [0.25, 0.3) is 0 Å². The molecular weight excluding hydrogens is 408 g/mol. The number of fused-ring (bicyclic) bond motifs is 3. The molecule has 2 aromatic rings. The zero-order chi connectivity index (χ0) is 25.9.